The van der Waals surface area contributed by atoms with E-state index >= 15 is 0 Å². The maximum absolute atomic E-state index is 5.38. The summed E-state index contributed by atoms with van der Waals surface area (Å²) in [7, 11) is 0. The topological polar surface area (TPSA) is 39.4 Å². The van der Waals surface area contributed by atoms with Crippen LogP contribution in [0.5, 0.6) is 0 Å². The highest BCUT2D eigenvalue weighted by molar-refractivity contribution is 5.46. The number of rotatable bonds is 1. The molecule has 3 heterocycles. The van der Waals surface area contributed by atoms with Gasteiger partial charge in [0, 0.05) is 18.7 Å². The van der Waals surface area contributed by atoms with Gasteiger partial charge in [0.15, 0.2) is 5.65 Å². The zero-order valence-electron chi connectivity index (χ0n) is 8.68. The molecule has 0 N–H and O–H groups in total. The summed E-state index contributed by atoms with van der Waals surface area (Å²) < 4.78 is 7.46. The number of hydrogen-bond acceptors (Lipinski definition) is 3. The fourth-order valence-electron chi connectivity index (χ4n) is 2.08. The van der Waals surface area contributed by atoms with Gasteiger partial charge in [0.05, 0.1) is 6.61 Å². The van der Waals surface area contributed by atoms with Crippen molar-refractivity contribution in [1.82, 2.24) is 14.6 Å². The molecule has 2 aromatic heterocycles. The van der Waals surface area contributed by atoms with Crippen molar-refractivity contribution in [3.05, 3.63) is 29.7 Å². The molecule has 4 nitrogen and oxygen atoms in total. The normalized spacial score (nSPS) is 21.3. The number of ether oxygens (including phenoxy) is 1. The van der Waals surface area contributed by atoms with Crippen LogP contribution in [-0.2, 0) is 4.74 Å². The van der Waals surface area contributed by atoms with Crippen molar-refractivity contribution in [2.24, 2.45) is 0 Å². The summed E-state index contributed by atoms with van der Waals surface area (Å²) in [6, 6.07) is 4.09. The maximum atomic E-state index is 5.38. The molecule has 0 amide bonds. The van der Waals surface area contributed by atoms with E-state index in [0.29, 0.717) is 5.92 Å². The van der Waals surface area contributed by atoms with Crippen LogP contribution in [0.25, 0.3) is 5.65 Å². The minimum atomic E-state index is 0.404. The number of hydrogen-bond donors (Lipinski definition) is 0. The van der Waals surface area contributed by atoms with Gasteiger partial charge in [-0.3, -0.25) is 4.40 Å². The lowest BCUT2D eigenvalue weighted by atomic mass is 10.1. The van der Waals surface area contributed by atoms with Crippen molar-refractivity contribution in [1.29, 1.82) is 0 Å². The molecule has 0 saturated carbocycles. The maximum Gasteiger partial charge on any atom is 0.163 e. The fourth-order valence-corrected chi connectivity index (χ4v) is 2.08. The van der Waals surface area contributed by atoms with Gasteiger partial charge in [0.25, 0.3) is 0 Å². The van der Waals surface area contributed by atoms with E-state index in [1.165, 1.54) is 0 Å². The largest absolute Gasteiger partial charge is 0.381 e. The third-order valence-corrected chi connectivity index (χ3v) is 2.95. The molecule has 0 spiro atoms. The van der Waals surface area contributed by atoms with E-state index in [1.54, 1.807) is 0 Å². The van der Waals surface area contributed by atoms with Crippen LogP contribution >= 0.6 is 0 Å². The Balaban J connectivity index is 2.15. The zero-order chi connectivity index (χ0) is 10.3. The third kappa shape index (κ3) is 1.33. The molecule has 2 aromatic rings. The van der Waals surface area contributed by atoms with Crippen LogP contribution in [-0.4, -0.2) is 27.8 Å². The van der Waals surface area contributed by atoms with E-state index in [2.05, 4.69) is 27.6 Å². The van der Waals surface area contributed by atoms with Crippen molar-refractivity contribution in [3.63, 3.8) is 0 Å². The predicted molar refractivity (Wildman–Crippen MR) is 55.9 cm³/mol. The van der Waals surface area contributed by atoms with Gasteiger partial charge in [0.1, 0.15) is 5.82 Å². The summed E-state index contributed by atoms with van der Waals surface area (Å²) in [6.07, 6.45) is 3.07. The highest BCUT2D eigenvalue weighted by Crippen LogP contribution is 2.24. The van der Waals surface area contributed by atoms with Crippen LogP contribution in [0.4, 0.5) is 0 Å². The first-order valence-corrected chi connectivity index (χ1v) is 5.24. The molecule has 4 heteroatoms. The molecule has 1 aliphatic rings. The average molecular weight is 203 g/mol. The van der Waals surface area contributed by atoms with Gasteiger partial charge < -0.3 is 4.74 Å². The molecule has 0 radical (unpaired) electrons. The van der Waals surface area contributed by atoms with Gasteiger partial charge in [-0.2, -0.15) is 0 Å². The summed E-state index contributed by atoms with van der Waals surface area (Å²) in [6.45, 7) is 3.67. The highest BCUT2D eigenvalue weighted by Gasteiger charge is 2.22. The van der Waals surface area contributed by atoms with E-state index < -0.39 is 0 Å². The molecule has 0 aromatic carbocycles. The monoisotopic (exact) mass is 203 g/mol. The lowest BCUT2D eigenvalue weighted by Gasteiger charge is -2.05. The van der Waals surface area contributed by atoms with E-state index in [-0.39, 0.29) is 0 Å². The molecule has 1 aliphatic heterocycles. The standard InChI is InChI=1S/C11H13N3O/c1-8-3-2-5-14-10(8)12-13-11(14)9-4-6-15-7-9/h2-3,5,9H,4,6-7H2,1H3. The van der Waals surface area contributed by atoms with Crippen LogP contribution < -0.4 is 0 Å². The van der Waals surface area contributed by atoms with E-state index in [4.69, 9.17) is 4.74 Å². The van der Waals surface area contributed by atoms with Crippen molar-refractivity contribution >= 4 is 5.65 Å². The molecule has 1 fully saturated rings. The summed E-state index contributed by atoms with van der Waals surface area (Å²) in [5.74, 6) is 1.44. The van der Waals surface area contributed by atoms with E-state index in [0.717, 1.165) is 36.7 Å². The second-order valence-corrected chi connectivity index (χ2v) is 4.00. The van der Waals surface area contributed by atoms with E-state index in [9.17, 15) is 0 Å². The Labute approximate surface area is 87.9 Å². The summed E-state index contributed by atoms with van der Waals surface area (Å²) >= 11 is 0. The molecule has 1 atom stereocenters. The first-order valence-electron chi connectivity index (χ1n) is 5.24. The number of aryl methyl sites for hydroxylation is 1. The number of fused-ring (bicyclic) bond motifs is 1. The first kappa shape index (κ1) is 8.85. The Morgan fingerprint density at radius 1 is 1.47 bits per heavy atom. The number of nitrogens with zero attached hydrogens (tertiary/aromatic N) is 3. The smallest absolute Gasteiger partial charge is 0.163 e. The molecule has 1 unspecified atom stereocenters. The second-order valence-electron chi connectivity index (χ2n) is 4.00. The van der Waals surface area contributed by atoms with E-state index in [1.807, 2.05) is 12.3 Å². The van der Waals surface area contributed by atoms with Gasteiger partial charge in [-0.25, -0.2) is 0 Å². The Kier molecular flexibility index (Phi) is 1.95. The van der Waals surface area contributed by atoms with Gasteiger partial charge in [-0.1, -0.05) is 6.07 Å². The van der Waals surface area contributed by atoms with Gasteiger partial charge in [-0.15, -0.1) is 10.2 Å². The van der Waals surface area contributed by atoms with Crippen molar-refractivity contribution in [2.45, 2.75) is 19.3 Å². The fraction of sp³-hybridized carbons (Fsp3) is 0.455. The minimum absolute atomic E-state index is 0.404. The highest BCUT2D eigenvalue weighted by atomic mass is 16.5. The zero-order valence-corrected chi connectivity index (χ0v) is 8.68. The number of aromatic nitrogens is 3. The van der Waals surface area contributed by atoms with Crippen molar-refractivity contribution in [2.75, 3.05) is 13.2 Å². The molecular formula is C11H13N3O. The summed E-state index contributed by atoms with van der Waals surface area (Å²) in [5, 5.41) is 8.49. The molecular weight excluding hydrogens is 190 g/mol. The van der Waals surface area contributed by atoms with Crippen LogP contribution in [0.2, 0.25) is 0 Å². The second kappa shape index (κ2) is 3.31. The van der Waals surface area contributed by atoms with Gasteiger partial charge >= 0.3 is 0 Å². The Morgan fingerprint density at radius 3 is 3.20 bits per heavy atom. The SMILES string of the molecule is Cc1cccn2c(C3CCOC3)nnc12. The lowest BCUT2D eigenvalue weighted by Crippen LogP contribution is -2.03. The molecule has 1 saturated heterocycles. The predicted octanol–water partition coefficient (Wildman–Crippen LogP) is 1.54. The van der Waals surface area contributed by atoms with Crippen LogP contribution in [0.15, 0.2) is 18.3 Å². The van der Waals surface area contributed by atoms with Gasteiger partial charge in [0.2, 0.25) is 0 Å². The van der Waals surface area contributed by atoms with Gasteiger partial charge in [-0.05, 0) is 25.0 Å². The van der Waals surface area contributed by atoms with Crippen molar-refractivity contribution in [3.8, 4) is 0 Å². The summed E-state index contributed by atoms with van der Waals surface area (Å²) in [4.78, 5) is 0. The molecule has 3 rings (SSSR count). The molecule has 78 valence electrons. The lowest BCUT2D eigenvalue weighted by molar-refractivity contribution is 0.193. The summed E-state index contributed by atoms with van der Waals surface area (Å²) in [5.41, 5.74) is 2.12. The molecule has 0 aliphatic carbocycles. The quantitative estimate of drug-likeness (QED) is 0.705. The average Bonchev–Trinajstić information content (AvgIpc) is 2.85. The molecule has 0 bridgehead atoms. The minimum Gasteiger partial charge on any atom is -0.381 e. The van der Waals surface area contributed by atoms with Crippen LogP contribution in [0.1, 0.15) is 23.7 Å². The van der Waals surface area contributed by atoms with Crippen LogP contribution in [0, 0.1) is 6.92 Å². The molecule has 15 heavy (non-hydrogen) atoms. The Morgan fingerprint density at radius 2 is 2.40 bits per heavy atom. The Hall–Kier alpha value is -1.42. The van der Waals surface area contributed by atoms with Crippen molar-refractivity contribution < 1.29 is 4.74 Å². The number of pyridine rings is 1. The third-order valence-electron chi connectivity index (χ3n) is 2.95. The Bertz CT molecular complexity index is 486. The van der Waals surface area contributed by atoms with Crippen LogP contribution in [0.3, 0.4) is 0 Å². The first-order chi connectivity index (χ1) is 7.36.